The van der Waals surface area contributed by atoms with Crippen molar-refractivity contribution in [3.63, 3.8) is 0 Å². The van der Waals surface area contributed by atoms with E-state index in [0.29, 0.717) is 5.92 Å². The fourth-order valence-electron chi connectivity index (χ4n) is 4.75. The highest BCUT2D eigenvalue weighted by Crippen LogP contribution is 2.32. The minimum absolute atomic E-state index is 0.538. The Bertz CT molecular complexity index is 1420. The molecule has 0 unspecified atom stereocenters. The molecule has 0 spiro atoms. The predicted octanol–water partition coefficient (Wildman–Crippen LogP) is 6.07. The Hall–Kier alpha value is -4.00. The number of pyridine rings is 3. The zero-order valence-electron chi connectivity index (χ0n) is 18.3. The lowest BCUT2D eigenvalue weighted by atomic mass is 9.87. The summed E-state index contributed by atoms with van der Waals surface area (Å²) in [6, 6.07) is 10.2. The second-order valence-electron chi connectivity index (χ2n) is 8.76. The average molecular weight is 436 g/mol. The van der Waals surface area contributed by atoms with Crippen LogP contribution in [-0.2, 0) is 0 Å². The monoisotopic (exact) mass is 435 g/mol. The van der Waals surface area contributed by atoms with Crippen molar-refractivity contribution in [2.45, 2.75) is 32.1 Å². The number of anilines is 1. The molecule has 0 radical (unpaired) electrons. The highest BCUT2D eigenvalue weighted by molar-refractivity contribution is 5.96. The summed E-state index contributed by atoms with van der Waals surface area (Å²) >= 11 is 0. The Morgan fingerprint density at radius 3 is 2.82 bits per heavy atom. The van der Waals surface area contributed by atoms with Gasteiger partial charge in [0.25, 0.3) is 0 Å². The van der Waals surface area contributed by atoms with Crippen LogP contribution in [-0.4, -0.2) is 30.1 Å². The van der Waals surface area contributed by atoms with Gasteiger partial charge in [-0.05, 0) is 49.1 Å². The largest absolute Gasteiger partial charge is 0.358 e. The molecule has 6 rings (SSSR count). The summed E-state index contributed by atoms with van der Waals surface area (Å²) in [4.78, 5) is 16.9. The van der Waals surface area contributed by atoms with Crippen LogP contribution in [0.15, 0.2) is 67.4 Å². The van der Waals surface area contributed by atoms with Crippen molar-refractivity contribution in [1.29, 1.82) is 0 Å². The molecule has 0 aliphatic heterocycles. The highest BCUT2D eigenvalue weighted by Gasteiger charge is 2.17. The third kappa shape index (κ3) is 3.75. The summed E-state index contributed by atoms with van der Waals surface area (Å²) < 4.78 is 0. The first-order valence-electron chi connectivity index (χ1n) is 11.4. The lowest BCUT2D eigenvalue weighted by Crippen LogP contribution is -2.14. The molecule has 0 bridgehead atoms. The summed E-state index contributed by atoms with van der Waals surface area (Å²) in [5, 5.41) is 13.2. The standard InChI is InChI=1S/C26H25N7/c1-16(17-6-3-2-4-7-17)30-20-10-19(13-27-14-20)22-12-21-24(15-29-22)32-33-25(21)23-11-18-8-5-9-28-26(18)31-23/h5,8-15,17,30H,1-4,6-7H2,(H,28,31)(H,32,33). The minimum atomic E-state index is 0.538. The number of aromatic nitrogens is 6. The molecule has 164 valence electrons. The molecule has 1 aliphatic rings. The van der Waals surface area contributed by atoms with Crippen LogP contribution in [0.1, 0.15) is 32.1 Å². The lowest BCUT2D eigenvalue weighted by molar-refractivity contribution is 0.405. The Morgan fingerprint density at radius 2 is 1.94 bits per heavy atom. The molecular formula is C26H25N7. The number of fused-ring (bicyclic) bond motifs is 2. The normalized spacial score (nSPS) is 14.7. The molecular weight excluding hydrogens is 410 g/mol. The van der Waals surface area contributed by atoms with E-state index < -0.39 is 0 Å². The fourth-order valence-corrected chi connectivity index (χ4v) is 4.75. The molecule has 1 saturated carbocycles. The van der Waals surface area contributed by atoms with Gasteiger partial charge in [0.05, 0.1) is 35.0 Å². The van der Waals surface area contributed by atoms with Gasteiger partial charge in [0, 0.05) is 34.4 Å². The molecule has 1 aliphatic carbocycles. The predicted molar refractivity (Wildman–Crippen MR) is 132 cm³/mol. The number of allylic oxidation sites excluding steroid dienone is 1. The fraction of sp³-hybridized carbons (Fsp3) is 0.231. The maximum absolute atomic E-state index is 4.65. The molecule has 0 aromatic carbocycles. The van der Waals surface area contributed by atoms with Crippen LogP contribution in [0.3, 0.4) is 0 Å². The van der Waals surface area contributed by atoms with Crippen LogP contribution in [0.4, 0.5) is 5.69 Å². The van der Waals surface area contributed by atoms with E-state index in [2.05, 4.69) is 60.2 Å². The number of H-pyrrole nitrogens is 2. The van der Waals surface area contributed by atoms with Crippen molar-refractivity contribution < 1.29 is 0 Å². The van der Waals surface area contributed by atoms with Crippen LogP contribution in [0.2, 0.25) is 0 Å². The maximum Gasteiger partial charge on any atom is 0.137 e. The zero-order valence-corrected chi connectivity index (χ0v) is 18.3. The molecule has 7 nitrogen and oxygen atoms in total. The van der Waals surface area contributed by atoms with Crippen molar-refractivity contribution >= 4 is 27.6 Å². The summed E-state index contributed by atoms with van der Waals surface area (Å²) in [5.41, 5.74) is 7.32. The van der Waals surface area contributed by atoms with E-state index in [1.807, 2.05) is 30.7 Å². The van der Waals surface area contributed by atoms with Crippen molar-refractivity contribution in [3.8, 4) is 22.6 Å². The van der Waals surface area contributed by atoms with Crippen molar-refractivity contribution in [1.82, 2.24) is 30.1 Å². The van der Waals surface area contributed by atoms with Crippen LogP contribution in [0.5, 0.6) is 0 Å². The van der Waals surface area contributed by atoms with Gasteiger partial charge in [-0.25, -0.2) is 4.98 Å². The third-order valence-electron chi connectivity index (χ3n) is 6.53. The molecule has 33 heavy (non-hydrogen) atoms. The van der Waals surface area contributed by atoms with Gasteiger partial charge in [0.2, 0.25) is 0 Å². The van der Waals surface area contributed by atoms with E-state index in [1.165, 1.54) is 32.1 Å². The van der Waals surface area contributed by atoms with Gasteiger partial charge in [-0.1, -0.05) is 25.8 Å². The molecule has 0 atom stereocenters. The second-order valence-corrected chi connectivity index (χ2v) is 8.76. The van der Waals surface area contributed by atoms with Gasteiger partial charge in [-0.15, -0.1) is 0 Å². The topological polar surface area (TPSA) is 95.2 Å². The van der Waals surface area contributed by atoms with E-state index in [-0.39, 0.29) is 0 Å². The van der Waals surface area contributed by atoms with E-state index in [1.54, 1.807) is 6.20 Å². The van der Waals surface area contributed by atoms with Crippen LogP contribution < -0.4 is 5.32 Å². The smallest absolute Gasteiger partial charge is 0.137 e. The maximum atomic E-state index is 4.65. The SMILES string of the molecule is C=C(Nc1cncc(-c2cc3c(-c4cc5cccnc5[nH]4)n[nH]c3cn2)c1)C1CCCCC1. The third-order valence-corrected chi connectivity index (χ3v) is 6.53. The summed E-state index contributed by atoms with van der Waals surface area (Å²) in [7, 11) is 0. The Labute approximate surface area is 191 Å². The molecule has 1 fully saturated rings. The van der Waals surface area contributed by atoms with Crippen molar-refractivity contribution in [2.75, 3.05) is 5.32 Å². The zero-order chi connectivity index (χ0) is 22.2. The first-order chi connectivity index (χ1) is 16.2. The Balaban J connectivity index is 1.32. The number of nitrogens with one attached hydrogen (secondary N) is 3. The van der Waals surface area contributed by atoms with Crippen molar-refractivity contribution in [3.05, 3.63) is 67.4 Å². The Kier molecular flexibility index (Phi) is 4.87. The highest BCUT2D eigenvalue weighted by atomic mass is 15.1. The van der Waals surface area contributed by atoms with Gasteiger partial charge in [-0.2, -0.15) is 5.10 Å². The van der Waals surface area contributed by atoms with Crippen molar-refractivity contribution in [2.24, 2.45) is 5.92 Å². The Morgan fingerprint density at radius 1 is 1.03 bits per heavy atom. The van der Waals surface area contributed by atoms with Gasteiger partial charge in [-0.3, -0.25) is 15.1 Å². The number of rotatable bonds is 5. The molecule has 7 heteroatoms. The van der Waals surface area contributed by atoms with Gasteiger partial charge in [0.1, 0.15) is 11.3 Å². The number of hydrogen-bond acceptors (Lipinski definition) is 5. The first-order valence-corrected chi connectivity index (χ1v) is 11.4. The summed E-state index contributed by atoms with van der Waals surface area (Å²) in [5.74, 6) is 0.538. The van der Waals surface area contributed by atoms with E-state index in [4.69, 9.17) is 0 Å². The first kappa shape index (κ1) is 19.7. The van der Waals surface area contributed by atoms with E-state index >= 15 is 0 Å². The van der Waals surface area contributed by atoms with E-state index in [9.17, 15) is 0 Å². The molecule has 5 aromatic rings. The number of hydrogen-bond donors (Lipinski definition) is 3. The second kappa shape index (κ2) is 8.16. The summed E-state index contributed by atoms with van der Waals surface area (Å²) in [6.07, 6.45) is 13.6. The lowest BCUT2D eigenvalue weighted by Gasteiger charge is -2.24. The van der Waals surface area contributed by atoms with Gasteiger partial charge in [0.15, 0.2) is 0 Å². The molecule has 5 heterocycles. The average Bonchev–Trinajstić information content (AvgIpc) is 3.48. The number of aromatic amines is 2. The molecule has 5 aromatic heterocycles. The van der Waals surface area contributed by atoms with Gasteiger partial charge >= 0.3 is 0 Å². The van der Waals surface area contributed by atoms with Gasteiger partial charge < -0.3 is 10.3 Å². The number of nitrogens with zero attached hydrogens (tertiary/aromatic N) is 4. The van der Waals surface area contributed by atoms with Crippen LogP contribution in [0.25, 0.3) is 44.6 Å². The summed E-state index contributed by atoms with van der Waals surface area (Å²) in [6.45, 7) is 4.30. The van der Waals surface area contributed by atoms with Crippen LogP contribution in [0, 0.1) is 5.92 Å². The minimum Gasteiger partial charge on any atom is -0.358 e. The van der Waals surface area contributed by atoms with Crippen LogP contribution >= 0.6 is 0 Å². The molecule has 0 amide bonds. The van der Waals surface area contributed by atoms with E-state index in [0.717, 1.165) is 56.0 Å². The quantitative estimate of drug-likeness (QED) is 0.311. The molecule has 0 saturated heterocycles. The molecule has 3 N–H and O–H groups in total.